The van der Waals surface area contributed by atoms with Crippen molar-refractivity contribution < 1.29 is 13.2 Å². The number of hydrogen-bond donors (Lipinski definition) is 1. The summed E-state index contributed by atoms with van der Waals surface area (Å²) >= 11 is 0. The van der Waals surface area contributed by atoms with Crippen molar-refractivity contribution in [2.24, 2.45) is 0 Å². The molecule has 0 aliphatic carbocycles. The van der Waals surface area contributed by atoms with E-state index in [1.165, 1.54) is 4.31 Å². The fourth-order valence-electron chi connectivity index (χ4n) is 2.44. The Morgan fingerprint density at radius 3 is 2.60 bits per heavy atom. The molecule has 0 fully saturated rings. The molecule has 0 radical (unpaired) electrons. The number of carbonyl (C=O) groups is 1. The summed E-state index contributed by atoms with van der Waals surface area (Å²) in [6, 6.07) is 11.1. The van der Waals surface area contributed by atoms with Crippen molar-refractivity contribution in [2.45, 2.75) is 26.8 Å². The van der Waals surface area contributed by atoms with E-state index >= 15 is 0 Å². The summed E-state index contributed by atoms with van der Waals surface area (Å²) in [7, 11) is -3.48. The number of amides is 1. The molecule has 0 saturated carbocycles. The third-order valence-electron chi connectivity index (χ3n) is 3.77. The first-order chi connectivity index (χ1) is 11.8. The lowest BCUT2D eigenvalue weighted by Crippen LogP contribution is -2.35. The minimum Gasteiger partial charge on any atom is -0.350 e. The van der Waals surface area contributed by atoms with Gasteiger partial charge in [-0.1, -0.05) is 18.2 Å². The van der Waals surface area contributed by atoms with Crippen molar-refractivity contribution in [2.75, 3.05) is 17.1 Å². The van der Waals surface area contributed by atoms with E-state index < -0.39 is 10.0 Å². The molecule has 1 aromatic carbocycles. The summed E-state index contributed by atoms with van der Waals surface area (Å²) in [5.74, 6) is -0.218. The Morgan fingerprint density at radius 1 is 1.20 bits per heavy atom. The topological polar surface area (TPSA) is 79.4 Å². The predicted molar refractivity (Wildman–Crippen MR) is 98.8 cm³/mol. The summed E-state index contributed by atoms with van der Waals surface area (Å²) in [5, 5.41) is 2.76. The van der Waals surface area contributed by atoms with Gasteiger partial charge in [0.05, 0.1) is 24.2 Å². The highest BCUT2D eigenvalue weighted by atomic mass is 32.2. The van der Waals surface area contributed by atoms with Crippen LogP contribution in [0.1, 0.15) is 23.2 Å². The monoisotopic (exact) mass is 361 g/mol. The van der Waals surface area contributed by atoms with Gasteiger partial charge in [0.2, 0.25) is 15.9 Å². The number of benzene rings is 1. The average molecular weight is 361 g/mol. The van der Waals surface area contributed by atoms with E-state index in [0.29, 0.717) is 12.2 Å². The fourth-order valence-corrected chi connectivity index (χ4v) is 3.41. The average Bonchev–Trinajstić information content (AvgIpc) is 2.56. The summed E-state index contributed by atoms with van der Waals surface area (Å²) in [4.78, 5) is 16.2. The number of rotatable bonds is 7. The van der Waals surface area contributed by atoms with E-state index in [1.807, 2.05) is 44.2 Å². The fraction of sp³-hybridized carbons (Fsp3) is 0.333. The molecule has 0 saturated heterocycles. The number of hydrogen-bond acceptors (Lipinski definition) is 4. The maximum atomic E-state index is 12.2. The van der Waals surface area contributed by atoms with Crippen LogP contribution in [0.2, 0.25) is 0 Å². The second kappa shape index (κ2) is 8.11. The summed E-state index contributed by atoms with van der Waals surface area (Å²) < 4.78 is 25.6. The lowest BCUT2D eigenvalue weighted by molar-refractivity contribution is -0.121. The molecule has 2 aromatic rings. The Labute approximate surface area is 148 Å². The molecule has 6 nitrogen and oxygen atoms in total. The van der Waals surface area contributed by atoms with Gasteiger partial charge in [0.25, 0.3) is 0 Å². The predicted octanol–water partition coefficient (Wildman–Crippen LogP) is 2.17. The van der Waals surface area contributed by atoms with Gasteiger partial charge in [0.15, 0.2) is 0 Å². The van der Waals surface area contributed by atoms with Crippen LogP contribution in [-0.2, 0) is 21.4 Å². The molecule has 7 heteroatoms. The van der Waals surface area contributed by atoms with Gasteiger partial charge in [0, 0.05) is 19.2 Å². The number of nitrogens with one attached hydrogen (secondary N) is 1. The van der Waals surface area contributed by atoms with Gasteiger partial charge in [-0.05, 0) is 43.2 Å². The first kappa shape index (κ1) is 18.9. The zero-order chi connectivity index (χ0) is 18.4. The molecule has 1 N–H and O–H groups in total. The molecule has 0 bridgehead atoms. The minimum absolute atomic E-state index is 0.0767. The Kier molecular flexibility index (Phi) is 6.14. The quantitative estimate of drug-likeness (QED) is 0.820. The molecule has 1 heterocycles. The van der Waals surface area contributed by atoms with Crippen molar-refractivity contribution in [1.82, 2.24) is 10.3 Å². The van der Waals surface area contributed by atoms with Crippen molar-refractivity contribution >= 4 is 21.6 Å². The molecular weight excluding hydrogens is 338 g/mol. The third-order valence-corrected chi connectivity index (χ3v) is 4.95. The number of carbonyl (C=O) groups excluding carboxylic acids is 1. The Balaban J connectivity index is 2.03. The van der Waals surface area contributed by atoms with E-state index in [9.17, 15) is 13.2 Å². The zero-order valence-corrected chi connectivity index (χ0v) is 15.5. The molecule has 0 unspecified atom stereocenters. The second-order valence-corrected chi connectivity index (χ2v) is 7.88. The van der Waals surface area contributed by atoms with E-state index in [2.05, 4.69) is 10.3 Å². The highest BCUT2D eigenvalue weighted by Gasteiger charge is 2.20. The molecule has 25 heavy (non-hydrogen) atoms. The Hall–Kier alpha value is -2.41. The first-order valence-electron chi connectivity index (χ1n) is 7.99. The van der Waals surface area contributed by atoms with Crippen LogP contribution in [0, 0.1) is 13.8 Å². The van der Waals surface area contributed by atoms with Crippen molar-refractivity contribution in [3.8, 4) is 0 Å². The number of aromatic nitrogens is 1. The molecule has 2 rings (SSSR count). The first-order valence-corrected chi connectivity index (χ1v) is 9.84. The smallest absolute Gasteiger partial charge is 0.232 e. The van der Waals surface area contributed by atoms with E-state index in [1.54, 1.807) is 12.3 Å². The molecule has 1 aromatic heterocycles. The van der Waals surface area contributed by atoms with Crippen molar-refractivity contribution in [3.63, 3.8) is 0 Å². The van der Waals surface area contributed by atoms with Crippen LogP contribution < -0.4 is 9.62 Å². The van der Waals surface area contributed by atoms with Crippen LogP contribution in [0.15, 0.2) is 42.6 Å². The highest BCUT2D eigenvalue weighted by molar-refractivity contribution is 7.92. The van der Waals surface area contributed by atoms with E-state index in [4.69, 9.17) is 0 Å². The van der Waals surface area contributed by atoms with Crippen LogP contribution in [-0.4, -0.2) is 32.1 Å². The van der Waals surface area contributed by atoms with E-state index in [-0.39, 0.29) is 18.9 Å². The van der Waals surface area contributed by atoms with Gasteiger partial charge >= 0.3 is 0 Å². The number of sulfonamides is 1. The largest absolute Gasteiger partial charge is 0.350 e. The Bertz CT molecular complexity index is 836. The molecular formula is C18H23N3O3S. The zero-order valence-electron chi connectivity index (χ0n) is 14.7. The summed E-state index contributed by atoms with van der Waals surface area (Å²) in [6.07, 6.45) is 2.89. The maximum Gasteiger partial charge on any atom is 0.232 e. The molecule has 0 atom stereocenters. The number of nitrogens with zero attached hydrogens (tertiary/aromatic N) is 2. The van der Waals surface area contributed by atoms with Gasteiger partial charge in [-0.25, -0.2) is 8.42 Å². The highest BCUT2D eigenvalue weighted by Crippen LogP contribution is 2.24. The lowest BCUT2D eigenvalue weighted by atomic mass is 10.1. The third kappa shape index (κ3) is 5.56. The van der Waals surface area contributed by atoms with Gasteiger partial charge in [-0.2, -0.15) is 0 Å². The second-order valence-electron chi connectivity index (χ2n) is 5.97. The summed E-state index contributed by atoms with van der Waals surface area (Å²) in [5.41, 5.74) is 3.18. The summed E-state index contributed by atoms with van der Waals surface area (Å²) in [6.45, 7) is 4.18. The van der Waals surface area contributed by atoms with Gasteiger partial charge < -0.3 is 5.32 Å². The molecule has 134 valence electrons. The van der Waals surface area contributed by atoms with Crippen LogP contribution in [0.4, 0.5) is 5.69 Å². The van der Waals surface area contributed by atoms with Gasteiger partial charge in [-0.3, -0.25) is 14.1 Å². The van der Waals surface area contributed by atoms with Gasteiger partial charge in [0.1, 0.15) is 0 Å². The van der Waals surface area contributed by atoms with E-state index in [0.717, 1.165) is 23.1 Å². The number of aryl methyl sites for hydroxylation is 2. The molecule has 0 aliphatic heterocycles. The number of anilines is 1. The van der Waals surface area contributed by atoms with Gasteiger partial charge in [-0.15, -0.1) is 0 Å². The molecule has 0 spiro atoms. The van der Waals surface area contributed by atoms with Crippen molar-refractivity contribution in [1.29, 1.82) is 0 Å². The normalized spacial score (nSPS) is 11.2. The van der Waals surface area contributed by atoms with Crippen LogP contribution in [0.25, 0.3) is 0 Å². The Morgan fingerprint density at radius 2 is 1.96 bits per heavy atom. The van der Waals surface area contributed by atoms with Crippen molar-refractivity contribution in [3.05, 3.63) is 59.4 Å². The molecule has 0 aliphatic rings. The van der Waals surface area contributed by atoms with Crippen LogP contribution in [0.5, 0.6) is 0 Å². The SMILES string of the molecule is Cc1ccc(C)c(N(CCC(=O)NCc2ccccn2)S(C)(=O)=O)c1. The standard InChI is InChI=1S/C18H23N3O3S/c1-14-7-8-15(2)17(12-14)21(25(3,23)24)11-9-18(22)20-13-16-6-4-5-10-19-16/h4-8,10,12H,9,11,13H2,1-3H3,(H,20,22). The molecule has 1 amide bonds. The van der Waals surface area contributed by atoms with Crippen LogP contribution >= 0.6 is 0 Å². The lowest BCUT2D eigenvalue weighted by Gasteiger charge is -2.24. The maximum absolute atomic E-state index is 12.2. The number of pyridine rings is 1. The van der Waals surface area contributed by atoms with Crippen LogP contribution in [0.3, 0.4) is 0 Å². The minimum atomic E-state index is -3.48.